The molecule has 3 heteroatoms. The number of nitrogens with two attached hydrogens (primary N) is 1. The maximum absolute atomic E-state index is 10.9. The van der Waals surface area contributed by atoms with Gasteiger partial charge in [0.05, 0.1) is 0 Å². The van der Waals surface area contributed by atoms with Gasteiger partial charge in [0.25, 0.3) is 0 Å². The molecule has 2 nitrogen and oxygen atoms in total. The number of amides is 1. The Kier molecular flexibility index (Phi) is 2.89. The van der Waals surface area contributed by atoms with Crippen LogP contribution in [0, 0.1) is 5.41 Å². The first kappa shape index (κ1) is 10.7. The van der Waals surface area contributed by atoms with E-state index in [4.69, 9.17) is 5.73 Å². The third-order valence-corrected chi connectivity index (χ3v) is 3.58. The lowest BCUT2D eigenvalue weighted by atomic mass is 9.96. The standard InChI is InChI=1S/C8H19NOSi/c1-8(2,7(9)10)6-11(3,4)5/h6H2,1-5H3,(H2,9,10). The number of primary amides is 1. The zero-order valence-corrected chi connectivity index (χ0v) is 9.19. The van der Waals surface area contributed by atoms with Crippen LogP contribution in [0.5, 0.6) is 0 Å². The first-order valence-electron chi connectivity index (χ1n) is 3.95. The molecule has 0 aromatic carbocycles. The third kappa shape index (κ3) is 4.19. The Bertz CT molecular complexity index is 158. The molecule has 1 amide bonds. The fourth-order valence-electron chi connectivity index (χ4n) is 1.41. The van der Waals surface area contributed by atoms with Crippen molar-refractivity contribution in [2.75, 3.05) is 0 Å². The van der Waals surface area contributed by atoms with E-state index in [1.165, 1.54) is 0 Å². The Morgan fingerprint density at radius 1 is 1.36 bits per heavy atom. The summed E-state index contributed by atoms with van der Waals surface area (Å²) in [5.74, 6) is -0.181. The smallest absolute Gasteiger partial charge is 0.222 e. The van der Waals surface area contributed by atoms with Gasteiger partial charge in [-0.3, -0.25) is 4.79 Å². The van der Waals surface area contributed by atoms with Crippen molar-refractivity contribution >= 4 is 14.0 Å². The summed E-state index contributed by atoms with van der Waals surface area (Å²) >= 11 is 0. The normalized spacial score (nSPS) is 13.2. The Morgan fingerprint density at radius 2 is 1.73 bits per heavy atom. The summed E-state index contributed by atoms with van der Waals surface area (Å²) < 4.78 is 0. The minimum atomic E-state index is -1.16. The van der Waals surface area contributed by atoms with Gasteiger partial charge in [0.2, 0.25) is 5.91 Å². The topological polar surface area (TPSA) is 43.1 Å². The van der Waals surface area contributed by atoms with Crippen molar-refractivity contribution in [3.05, 3.63) is 0 Å². The first-order valence-corrected chi connectivity index (χ1v) is 7.66. The number of carbonyl (C=O) groups is 1. The summed E-state index contributed by atoms with van der Waals surface area (Å²) in [6.45, 7) is 10.6. The summed E-state index contributed by atoms with van der Waals surface area (Å²) in [4.78, 5) is 10.9. The SMILES string of the molecule is CC(C)(C[Si](C)(C)C)C(N)=O. The molecule has 0 saturated heterocycles. The van der Waals surface area contributed by atoms with Crippen LogP contribution in [-0.4, -0.2) is 14.0 Å². The summed E-state index contributed by atoms with van der Waals surface area (Å²) in [6.07, 6.45) is 0. The van der Waals surface area contributed by atoms with Crippen molar-refractivity contribution in [2.45, 2.75) is 39.5 Å². The van der Waals surface area contributed by atoms with E-state index < -0.39 is 8.07 Å². The molecule has 0 saturated carbocycles. The molecule has 0 rings (SSSR count). The summed E-state index contributed by atoms with van der Waals surface area (Å²) in [7, 11) is -1.16. The molecule has 0 aliphatic carbocycles. The average molecular weight is 173 g/mol. The highest BCUT2D eigenvalue weighted by Crippen LogP contribution is 2.27. The van der Waals surface area contributed by atoms with E-state index >= 15 is 0 Å². The molecule has 11 heavy (non-hydrogen) atoms. The van der Waals surface area contributed by atoms with Gasteiger partial charge < -0.3 is 5.73 Å². The molecule has 0 aliphatic heterocycles. The van der Waals surface area contributed by atoms with Crippen LogP contribution in [0.4, 0.5) is 0 Å². The van der Waals surface area contributed by atoms with Crippen molar-refractivity contribution < 1.29 is 4.79 Å². The predicted molar refractivity (Wildman–Crippen MR) is 51.1 cm³/mol. The van der Waals surface area contributed by atoms with Crippen LogP contribution in [0.25, 0.3) is 0 Å². The molecule has 66 valence electrons. The first-order chi connectivity index (χ1) is 4.65. The van der Waals surface area contributed by atoms with Crippen LogP contribution in [0.2, 0.25) is 25.7 Å². The van der Waals surface area contributed by atoms with E-state index in [1.54, 1.807) is 0 Å². The fraction of sp³-hybridized carbons (Fsp3) is 0.875. The van der Waals surface area contributed by atoms with Crippen molar-refractivity contribution in [1.82, 2.24) is 0 Å². The quantitative estimate of drug-likeness (QED) is 0.650. The van der Waals surface area contributed by atoms with Crippen molar-refractivity contribution in [2.24, 2.45) is 11.1 Å². The monoisotopic (exact) mass is 173 g/mol. The van der Waals surface area contributed by atoms with Crippen LogP contribution in [0.1, 0.15) is 13.8 Å². The molecule has 0 aromatic rings. The van der Waals surface area contributed by atoms with E-state index in [-0.39, 0.29) is 11.3 Å². The second kappa shape index (κ2) is 2.97. The van der Waals surface area contributed by atoms with E-state index in [2.05, 4.69) is 19.6 Å². The number of rotatable bonds is 3. The number of carbonyl (C=O) groups excluding carboxylic acids is 1. The summed E-state index contributed by atoms with van der Waals surface area (Å²) in [5, 5.41) is 0. The molecule has 0 atom stereocenters. The lowest BCUT2D eigenvalue weighted by molar-refractivity contribution is -0.125. The molecule has 0 unspecified atom stereocenters. The van der Waals surface area contributed by atoms with Crippen molar-refractivity contribution in [1.29, 1.82) is 0 Å². The van der Waals surface area contributed by atoms with E-state index in [0.717, 1.165) is 6.04 Å². The molecule has 0 fully saturated rings. The molecular weight excluding hydrogens is 154 g/mol. The molecule has 2 N–H and O–H groups in total. The van der Waals surface area contributed by atoms with Crippen LogP contribution < -0.4 is 5.73 Å². The van der Waals surface area contributed by atoms with Gasteiger partial charge >= 0.3 is 0 Å². The average Bonchev–Trinajstić information content (AvgIpc) is 1.56. The van der Waals surface area contributed by atoms with Gasteiger partial charge in [-0.15, -0.1) is 0 Å². The molecule has 0 heterocycles. The minimum absolute atomic E-state index is 0.181. The van der Waals surface area contributed by atoms with Gasteiger partial charge in [-0.1, -0.05) is 33.5 Å². The Balaban J connectivity index is 4.25. The molecular formula is C8H19NOSi. The zero-order valence-electron chi connectivity index (χ0n) is 8.19. The second-order valence-electron chi connectivity index (χ2n) is 4.99. The van der Waals surface area contributed by atoms with Gasteiger partial charge in [0, 0.05) is 13.5 Å². The van der Waals surface area contributed by atoms with Gasteiger partial charge in [0.1, 0.15) is 0 Å². The van der Waals surface area contributed by atoms with E-state index in [1.807, 2.05) is 13.8 Å². The Morgan fingerprint density at radius 3 is 1.82 bits per heavy atom. The maximum atomic E-state index is 10.9. The molecule has 0 spiro atoms. The highest BCUT2D eigenvalue weighted by Gasteiger charge is 2.31. The predicted octanol–water partition coefficient (Wildman–Crippen LogP) is 1.84. The number of hydrogen-bond donors (Lipinski definition) is 1. The third-order valence-electron chi connectivity index (χ3n) is 1.64. The van der Waals surface area contributed by atoms with Crippen LogP contribution in [0.15, 0.2) is 0 Å². The highest BCUT2D eigenvalue weighted by molar-refractivity contribution is 6.76. The largest absolute Gasteiger partial charge is 0.369 e. The Hall–Kier alpha value is -0.313. The van der Waals surface area contributed by atoms with Crippen LogP contribution >= 0.6 is 0 Å². The van der Waals surface area contributed by atoms with Gasteiger partial charge in [-0.2, -0.15) is 0 Å². The van der Waals surface area contributed by atoms with Crippen molar-refractivity contribution in [3.8, 4) is 0 Å². The van der Waals surface area contributed by atoms with E-state index in [0.29, 0.717) is 0 Å². The van der Waals surface area contributed by atoms with Crippen molar-refractivity contribution in [3.63, 3.8) is 0 Å². The van der Waals surface area contributed by atoms with Gasteiger partial charge in [0.15, 0.2) is 0 Å². The summed E-state index contributed by atoms with van der Waals surface area (Å²) in [6, 6.07) is 0.968. The van der Waals surface area contributed by atoms with Crippen LogP contribution in [0.3, 0.4) is 0 Å². The molecule has 0 bridgehead atoms. The maximum Gasteiger partial charge on any atom is 0.222 e. The molecule has 0 aliphatic rings. The van der Waals surface area contributed by atoms with Gasteiger partial charge in [-0.05, 0) is 6.04 Å². The van der Waals surface area contributed by atoms with E-state index in [9.17, 15) is 4.79 Å². The second-order valence-corrected chi connectivity index (χ2v) is 10.5. The van der Waals surface area contributed by atoms with Crippen LogP contribution in [-0.2, 0) is 4.79 Å². The highest BCUT2D eigenvalue weighted by atomic mass is 28.3. The zero-order chi connectivity index (χ0) is 9.28. The summed E-state index contributed by atoms with van der Waals surface area (Å²) in [5.41, 5.74) is 4.95. The molecule has 0 radical (unpaired) electrons. The lowest BCUT2D eigenvalue weighted by Crippen LogP contribution is -2.38. The fourth-order valence-corrected chi connectivity index (χ4v) is 4.24. The number of hydrogen-bond acceptors (Lipinski definition) is 1. The minimum Gasteiger partial charge on any atom is -0.369 e. The van der Waals surface area contributed by atoms with Gasteiger partial charge in [-0.25, -0.2) is 0 Å². The Labute approximate surface area is 70.2 Å². The lowest BCUT2D eigenvalue weighted by Gasteiger charge is -2.27. The molecule has 0 aromatic heterocycles.